The van der Waals surface area contributed by atoms with Gasteiger partial charge in [0.25, 0.3) is 5.91 Å². The van der Waals surface area contributed by atoms with Crippen LogP contribution in [0.25, 0.3) is 0 Å². The average Bonchev–Trinajstić information content (AvgIpc) is 3.05. The molecule has 7 heteroatoms. The molecule has 2 heterocycles. The van der Waals surface area contributed by atoms with Gasteiger partial charge in [-0.25, -0.2) is 9.78 Å². The van der Waals surface area contributed by atoms with Crippen molar-refractivity contribution < 1.29 is 14.7 Å². The molecule has 1 N–H and O–H groups in total. The van der Waals surface area contributed by atoms with Gasteiger partial charge in [0.2, 0.25) is 0 Å². The largest absolute Gasteiger partial charge is 0.477 e. The summed E-state index contributed by atoms with van der Waals surface area (Å²) in [7, 11) is 0. The van der Waals surface area contributed by atoms with Crippen LogP contribution in [0.15, 0.2) is 30.5 Å². The van der Waals surface area contributed by atoms with Crippen molar-refractivity contribution in [1.29, 1.82) is 0 Å². The first-order valence-electron chi connectivity index (χ1n) is 7.29. The van der Waals surface area contributed by atoms with Crippen molar-refractivity contribution in [2.45, 2.75) is 18.8 Å². The van der Waals surface area contributed by atoms with Gasteiger partial charge in [0, 0.05) is 19.0 Å². The molecule has 0 unspecified atom stereocenters. The number of halogens is 1. The number of carboxylic acids is 1. The Labute approximate surface area is 142 Å². The molecule has 23 heavy (non-hydrogen) atoms. The molecule has 3 rings (SSSR count). The minimum absolute atomic E-state index is 0.0561. The van der Waals surface area contributed by atoms with Crippen LogP contribution in [0.4, 0.5) is 0 Å². The molecule has 5 nitrogen and oxygen atoms in total. The normalized spacial score (nSPS) is 15.6. The molecule has 0 spiro atoms. The van der Waals surface area contributed by atoms with Crippen molar-refractivity contribution in [3.63, 3.8) is 0 Å². The van der Waals surface area contributed by atoms with Crippen molar-refractivity contribution >= 4 is 34.8 Å². The number of nitrogens with zero attached hydrogens (tertiary/aromatic N) is 2. The number of hydrogen-bond donors (Lipinski definition) is 1. The molecule has 0 aliphatic carbocycles. The maximum atomic E-state index is 12.5. The number of thiazole rings is 1. The molecule has 0 atom stereocenters. The molecule has 1 amide bonds. The van der Waals surface area contributed by atoms with E-state index in [0.29, 0.717) is 23.7 Å². The third kappa shape index (κ3) is 3.38. The Kier molecular flexibility index (Phi) is 4.63. The highest BCUT2D eigenvalue weighted by Gasteiger charge is 2.27. The summed E-state index contributed by atoms with van der Waals surface area (Å²) in [5, 5.41) is 10.3. The number of rotatable bonds is 3. The second-order valence-electron chi connectivity index (χ2n) is 5.41. The van der Waals surface area contributed by atoms with Gasteiger partial charge in [-0.1, -0.05) is 23.7 Å². The van der Waals surface area contributed by atoms with Crippen LogP contribution in [0.2, 0.25) is 5.02 Å². The number of carbonyl (C=O) groups is 2. The van der Waals surface area contributed by atoms with Crippen LogP contribution < -0.4 is 0 Å². The molecule has 0 bridgehead atoms. The smallest absolute Gasteiger partial charge is 0.347 e. The summed E-state index contributed by atoms with van der Waals surface area (Å²) in [5.74, 6) is -0.789. The topological polar surface area (TPSA) is 70.5 Å². The zero-order chi connectivity index (χ0) is 16.4. The van der Waals surface area contributed by atoms with E-state index in [1.807, 2.05) is 0 Å². The summed E-state index contributed by atoms with van der Waals surface area (Å²) in [4.78, 5) is 29.7. The molecule has 1 aliphatic heterocycles. The molecule has 0 saturated carbocycles. The summed E-state index contributed by atoms with van der Waals surface area (Å²) in [6.45, 7) is 1.24. The van der Waals surface area contributed by atoms with Gasteiger partial charge in [0.1, 0.15) is 4.88 Å². The lowest BCUT2D eigenvalue weighted by atomic mass is 9.97. The van der Waals surface area contributed by atoms with Gasteiger partial charge in [-0.2, -0.15) is 0 Å². The molecule has 1 aliphatic rings. The van der Waals surface area contributed by atoms with Crippen LogP contribution in [-0.4, -0.2) is 40.0 Å². The van der Waals surface area contributed by atoms with E-state index in [1.165, 1.54) is 17.5 Å². The van der Waals surface area contributed by atoms with Gasteiger partial charge in [0.05, 0.1) is 21.8 Å². The van der Waals surface area contributed by atoms with Crippen LogP contribution >= 0.6 is 22.9 Å². The number of amides is 1. The molecule has 2 aromatic rings. The van der Waals surface area contributed by atoms with Gasteiger partial charge >= 0.3 is 5.97 Å². The van der Waals surface area contributed by atoms with E-state index in [-0.39, 0.29) is 16.7 Å². The Morgan fingerprint density at radius 2 is 1.96 bits per heavy atom. The van der Waals surface area contributed by atoms with E-state index in [0.717, 1.165) is 17.8 Å². The lowest BCUT2D eigenvalue weighted by Crippen LogP contribution is -2.38. The fourth-order valence-corrected chi connectivity index (χ4v) is 3.85. The minimum atomic E-state index is -0.944. The average molecular weight is 351 g/mol. The predicted octanol–water partition coefficient (Wildman–Crippen LogP) is 3.51. The summed E-state index contributed by atoms with van der Waals surface area (Å²) in [6.07, 6.45) is 2.97. The first-order chi connectivity index (χ1) is 11.1. The molecule has 1 aromatic carbocycles. The van der Waals surface area contributed by atoms with Crippen molar-refractivity contribution in [2.75, 3.05) is 13.1 Å². The van der Waals surface area contributed by atoms with Crippen molar-refractivity contribution in [3.05, 3.63) is 50.9 Å². The number of benzene rings is 1. The van der Waals surface area contributed by atoms with Crippen LogP contribution in [-0.2, 0) is 0 Å². The van der Waals surface area contributed by atoms with E-state index < -0.39 is 5.97 Å². The van der Waals surface area contributed by atoms with Gasteiger partial charge in [-0.15, -0.1) is 11.3 Å². The fourth-order valence-electron chi connectivity index (χ4n) is 2.71. The number of piperidine rings is 1. The highest BCUT2D eigenvalue weighted by molar-refractivity contribution is 7.13. The monoisotopic (exact) mass is 350 g/mol. The minimum Gasteiger partial charge on any atom is -0.477 e. The van der Waals surface area contributed by atoms with E-state index in [2.05, 4.69) is 4.98 Å². The van der Waals surface area contributed by atoms with Crippen LogP contribution in [0.5, 0.6) is 0 Å². The first kappa shape index (κ1) is 16.0. The standard InChI is InChI=1S/C16H15ClN2O3S/c17-12-4-2-1-3-11(12)15(20)19-7-5-10(6-8-19)14-18-9-13(23-14)16(21)22/h1-4,9-10H,5-8H2,(H,21,22). The van der Waals surface area contributed by atoms with E-state index in [9.17, 15) is 9.59 Å². The fraction of sp³-hybridized carbons (Fsp3) is 0.312. The summed E-state index contributed by atoms with van der Waals surface area (Å²) in [6, 6.07) is 7.05. The number of carbonyl (C=O) groups excluding carboxylic acids is 1. The molecule has 1 fully saturated rings. The Hall–Kier alpha value is -1.92. The van der Waals surface area contributed by atoms with E-state index in [4.69, 9.17) is 16.7 Å². The van der Waals surface area contributed by atoms with Crippen molar-refractivity contribution in [1.82, 2.24) is 9.88 Å². The molecule has 120 valence electrons. The molecular weight excluding hydrogens is 336 g/mol. The molecular formula is C16H15ClN2O3S. The van der Waals surface area contributed by atoms with Crippen molar-refractivity contribution in [2.24, 2.45) is 0 Å². The van der Waals surface area contributed by atoms with Crippen molar-refractivity contribution in [3.8, 4) is 0 Å². The maximum Gasteiger partial charge on any atom is 0.347 e. The summed E-state index contributed by atoms with van der Waals surface area (Å²) >= 11 is 7.30. The Morgan fingerprint density at radius 1 is 1.26 bits per heavy atom. The third-order valence-electron chi connectivity index (χ3n) is 3.97. The van der Waals surface area contributed by atoms with Crippen LogP contribution in [0.3, 0.4) is 0 Å². The molecule has 1 saturated heterocycles. The second-order valence-corrected chi connectivity index (χ2v) is 6.88. The third-order valence-corrected chi connectivity index (χ3v) is 5.45. The predicted molar refractivity (Wildman–Crippen MR) is 88.4 cm³/mol. The van der Waals surface area contributed by atoms with Gasteiger partial charge in [-0.3, -0.25) is 4.79 Å². The second kappa shape index (κ2) is 6.68. The van der Waals surface area contributed by atoms with E-state index >= 15 is 0 Å². The maximum absolute atomic E-state index is 12.5. The number of aromatic nitrogens is 1. The van der Waals surface area contributed by atoms with Gasteiger partial charge in [-0.05, 0) is 25.0 Å². The quantitative estimate of drug-likeness (QED) is 0.919. The zero-order valence-corrected chi connectivity index (χ0v) is 13.8. The van der Waals surface area contributed by atoms with E-state index in [1.54, 1.807) is 29.2 Å². The van der Waals surface area contributed by atoms with Gasteiger partial charge < -0.3 is 10.0 Å². The number of aromatic carboxylic acids is 1. The number of likely N-dealkylation sites (tertiary alicyclic amines) is 1. The highest BCUT2D eigenvalue weighted by Crippen LogP contribution is 2.32. The lowest BCUT2D eigenvalue weighted by Gasteiger charge is -2.31. The van der Waals surface area contributed by atoms with Crippen LogP contribution in [0, 0.1) is 0 Å². The number of hydrogen-bond acceptors (Lipinski definition) is 4. The molecule has 1 aromatic heterocycles. The summed E-state index contributed by atoms with van der Waals surface area (Å²) in [5.41, 5.74) is 0.523. The van der Waals surface area contributed by atoms with Crippen LogP contribution in [0.1, 0.15) is 43.8 Å². The summed E-state index contributed by atoms with van der Waals surface area (Å²) < 4.78 is 0. The Bertz CT molecular complexity index is 738. The molecule has 0 radical (unpaired) electrons. The lowest BCUT2D eigenvalue weighted by molar-refractivity contribution is 0.0697. The highest BCUT2D eigenvalue weighted by atomic mass is 35.5. The Morgan fingerprint density at radius 3 is 2.57 bits per heavy atom. The Balaban J connectivity index is 1.65. The van der Waals surface area contributed by atoms with Gasteiger partial charge in [0.15, 0.2) is 0 Å². The number of carboxylic acid groups (broad SMARTS) is 1. The SMILES string of the molecule is O=C(O)c1cnc(C2CCN(C(=O)c3ccccc3Cl)CC2)s1. The first-order valence-corrected chi connectivity index (χ1v) is 8.48. The zero-order valence-electron chi connectivity index (χ0n) is 12.2.